The van der Waals surface area contributed by atoms with Crippen LogP contribution in [-0.4, -0.2) is 56.5 Å². The number of rotatable bonds is 17. The average Bonchev–Trinajstić information content (AvgIpc) is 3.11. The van der Waals surface area contributed by atoms with Gasteiger partial charge in [0, 0.05) is 27.1 Å². The van der Waals surface area contributed by atoms with Gasteiger partial charge in [0.05, 0.1) is 26.4 Å². The van der Waals surface area contributed by atoms with Gasteiger partial charge in [0.15, 0.2) is 6.10 Å². The van der Waals surface area contributed by atoms with Crippen molar-refractivity contribution in [3.05, 3.63) is 144 Å². The van der Waals surface area contributed by atoms with E-state index in [1.807, 2.05) is 121 Å². The van der Waals surface area contributed by atoms with Gasteiger partial charge in [-0.05, 0) is 22.3 Å². The van der Waals surface area contributed by atoms with Gasteiger partial charge in [0.25, 0.3) is 0 Å². The Hall–Kier alpha value is -3.89. The summed E-state index contributed by atoms with van der Waals surface area (Å²) in [6, 6.07) is 39.5. The molecule has 8 heteroatoms. The lowest BCUT2D eigenvalue weighted by atomic mass is 9.90. The summed E-state index contributed by atoms with van der Waals surface area (Å²) in [5, 5.41) is 0. The SMILES string of the molecule is CO[C@]1(COCc2ccccc2)O[C@H](CCOCc2ccccc2)[C@@H](OC(C)=O)[C@H](OCc2ccccc2)[C@@H]1OCc1ccccc1. The topological polar surface area (TPSA) is 81.7 Å². The molecule has 248 valence electrons. The van der Waals surface area contributed by atoms with E-state index >= 15 is 0 Å². The van der Waals surface area contributed by atoms with Crippen molar-refractivity contribution in [1.82, 2.24) is 0 Å². The standard InChI is InChI=1S/C39H44O8/c1-30(40)46-36-35(23-24-42-25-31-15-7-3-8-16-31)47-39(41-2,29-43-26-32-17-9-4-10-18-32)38(45-28-34-21-13-6-14-22-34)37(36)44-27-33-19-11-5-12-20-33/h3-22,35-38H,23-29H2,1-2H3/t35-,36-,37+,38+,39-/m1/s1. The van der Waals surface area contributed by atoms with Crippen molar-refractivity contribution in [3.63, 3.8) is 0 Å². The van der Waals surface area contributed by atoms with Crippen molar-refractivity contribution in [2.75, 3.05) is 20.3 Å². The molecule has 8 nitrogen and oxygen atoms in total. The second-order valence-corrected chi connectivity index (χ2v) is 11.5. The Balaban J connectivity index is 1.44. The van der Waals surface area contributed by atoms with Gasteiger partial charge in [-0.25, -0.2) is 0 Å². The highest BCUT2D eigenvalue weighted by atomic mass is 16.8. The molecule has 0 aliphatic carbocycles. The second kappa shape index (κ2) is 17.9. The van der Waals surface area contributed by atoms with Crippen LogP contribution in [0.15, 0.2) is 121 Å². The molecule has 0 radical (unpaired) electrons. The van der Waals surface area contributed by atoms with Crippen LogP contribution in [0.25, 0.3) is 0 Å². The summed E-state index contributed by atoms with van der Waals surface area (Å²) >= 11 is 0. The lowest BCUT2D eigenvalue weighted by molar-refractivity contribution is -0.381. The molecule has 0 N–H and O–H groups in total. The smallest absolute Gasteiger partial charge is 0.303 e. The molecule has 4 aromatic rings. The largest absolute Gasteiger partial charge is 0.457 e. The molecule has 0 aromatic heterocycles. The zero-order valence-corrected chi connectivity index (χ0v) is 27.1. The monoisotopic (exact) mass is 640 g/mol. The lowest BCUT2D eigenvalue weighted by Crippen LogP contribution is -2.69. The van der Waals surface area contributed by atoms with Crippen LogP contribution < -0.4 is 0 Å². The maximum Gasteiger partial charge on any atom is 0.303 e. The first-order chi connectivity index (χ1) is 23.1. The average molecular weight is 641 g/mol. The molecule has 5 atom stereocenters. The van der Waals surface area contributed by atoms with Crippen molar-refractivity contribution in [1.29, 1.82) is 0 Å². The van der Waals surface area contributed by atoms with E-state index in [9.17, 15) is 4.79 Å². The van der Waals surface area contributed by atoms with E-state index in [0.717, 1.165) is 22.3 Å². The summed E-state index contributed by atoms with van der Waals surface area (Å²) in [5.41, 5.74) is 4.00. The minimum absolute atomic E-state index is 0.0389. The van der Waals surface area contributed by atoms with Crippen LogP contribution in [0.1, 0.15) is 35.6 Å². The number of ether oxygens (including phenoxy) is 7. The van der Waals surface area contributed by atoms with E-state index in [-0.39, 0.29) is 19.8 Å². The summed E-state index contributed by atoms with van der Waals surface area (Å²) in [6.07, 6.45) is -2.65. The number of hydrogen-bond acceptors (Lipinski definition) is 8. The minimum atomic E-state index is -1.40. The summed E-state index contributed by atoms with van der Waals surface area (Å²) in [5.74, 6) is -1.85. The predicted molar refractivity (Wildman–Crippen MR) is 177 cm³/mol. The zero-order chi connectivity index (χ0) is 32.7. The minimum Gasteiger partial charge on any atom is -0.457 e. The number of carbonyl (C=O) groups is 1. The van der Waals surface area contributed by atoms with E-state index in [0.29, 0.717) is 26.2 Å². The van der Waals surface area contributed by atoms with E-state index < -0.39 is 36.2 Å². The Morgan fingerprint density at radius 1 is 0.638 bits per heavy atom. The van der Waals surface area contributed by atoms with Crippen LogP contribution in [0.3, 0.4) is 0 Å². The third-order valence-electron chi connectivity index (χ3n) is 8.05. The van der Waals surface area contributed by atoms with Crippen LogP contribution in [0.4, 0.5) is 0 Å². The van der Waals surface area contributed by atoms with Gasteiger partial charge in [-0.1, -0.05) is 121 Å². The van der Waals surface area contributed by atoms with Crippen LogP contribution in [0, 0.1) is 0 Å². The Kier molecular flexibility index (Phi) is 13.1. The maximum atomic E-state index is 12.6. The molecule has 5 rings (SSSR count). The summed E-state index contributed by atoms with van der Waals surface area (Å²) < 4.78 is 44.6. The molecule has 0 saturated carbocycles. The fourth-order valence-electron chi connectivity index (χ4n) is 5.70. The van der Waals surface area contributed by atoms with Crippen LogP contribution in [0.5, 0.6) is 0 Å². The zero-order valence-electron chi connectivity index (χ0n) is 27.1. The number of methoxy groups -OCH3 is 1. The molecule has 0 amide bonds. The van der Waals surface area contributed by atoms with Crippen molar-refractivity contribution >= 4 is 5.97 Å². The quantitative estimate of drug-likeness (QED) is 0.0937. The Bertz CT molecular complexity index is 1450. The summed E-state index contributed by atoms with van der Waals surface area (Å²) in [7, 11) is 1.58. The van der Waals surface area contributed by atoms with Crippen LogP contribution in [0.2, 0.25) is 0 Å². The lowest BCUT2D eigenvalue weighted by Gasteiger charge is -2.51. The van der Waals surface area contributed by atoms with Gasteiger partial charge < -0.3 is 33.2 Å². The Labute approximate surface area is 277 Å². The maximum absolute atomic E-state index is 12.6. The van der Waals surface area contributed by atoms with Gasteiger partial charge in [-0.3, -0.25) is 4.79 Å². The van der Waals surface area contributed by atoms with Crippen molar-refractivity contribution < 1.29 is 38.0 Å². The van der Waals surface area contributed by atoms with Gasteiger partial charge in [0.2, 0.25) is 5.79 Å². The van der Waals surface area contributed by atoms with Crippen LogP contribution in [-0.2, 0) is 64.4 Å². The molecule has 1 fully saturated rings. The Morgan fingerprint density at radius 2 is 1.11 bits per heavy atom. The first-order valence-corrected chi connectivity index (χ1v) is 16.0. The molecule has 47 heavy (non-hydrogen) atoms. The molecule has 0 bridgehead atoms. The van der Waals surface area contributed by atoms with E-state index in [4.69, 9.17) is 33.2 Å². The third kappa shape index (κ3) is 10.0. The number of hydrogen-bond donors (Lipinski definition) is 0. The van der Waals surface area contributed by atoms with Gasteiger partial charge >= 0.3 is 5.97 Å². The van der Waals surface area contributed by atoms with E-state index in [1.165, 1.54) is 6.92 Å². The predicted octanol–water partition coefficient (Wildman–Crippen LogP) is 6.65. The van der Waals surface area contributed by atoms with Crippen LogP contribution >= 0.6 is 0 Å². The Morgan fingerprint density at radius 3 is 1.60 bits per heavy atom. The van der Waals surface area contributed by atoms with Gasteiger partial charge in [-0.15, -0.1) is 0 Å². The van der Waals surface area contributed by atoms with Gasteiger partial charge in [-0.2, -0.15) is 0 Å². The molecule has 1 aliphatic rings. The van der Waals surface area contributed by atoms with E-state index in [1.54, 1.807) is 7.11 Å². The molecular formula is C39H44O8. The normalized spacial score (nSPS) is 22.5. The fraction of sp³-hybridized carbons (Fsp3) is 0.359. The molecule has 1 saturated heterocycles. The fourth-order valence-corrected chi connectivity index (χ4v) is 5.70. The molecule has 0 spiro atoms. The molecule has 0 unspecified atom stereocenters. The number of esters is 1. The summed E-state index contributed by atoms with van der Waals surface area (Å²) in [4.78, 5) is 12.6. The number of benzene rings is 4. The summed E-state index contributed by atoms with van der Waals surface area (Å²) in [6.45, 7) is 3.07. The first-order valence-electron chi connectivity index (χ1n) is 16.0. The molecular weight excluding hydrogens is 596 g/mol. The highest BCUT2D eigenvalue weighted by molar-refractivity contribution is 5.66. The first kappa shape index (κ1) is 34.4. The molecule has 1 heterocycles. The van der Waals surface area contributed by atoms with Crippen molar-refractivity contribution in [2.45, 2.75) is 70.0 Å². The number of carbonyl (C=O) groups excluding carboxylic acids is 1. The third-order valence-corrected chi connectivity index (χ3v) is 8.05. The highest BCUT2D eigenvalue weighted by Crippen LogP contribution is 2.38. The molecule has 4 aromatic carbocycles. The second-order valence-electron chi connectivity index (χ2n) is 11.5. The van der Waals surface area contributed by atoms with Crippen molar-refractivity contribution in [2.24, 2.45) is 0 Å². The van der Waals surface area contributed by atoms with E-state index in [2.05, 4.69) is 0 Å². The molecule has 1 aliphatic heterocycles. The van der Waals surface area contributed by atoms with Crippen molar-refractivity contribution in [3.8, 4) is 0 Å². The van der Waals surface area contributed by atoms with Gasteiger partial charge in [0.1, 0.15) is 24.9 Å². The highest BCUT2D eigenvalue weighted by Gasteiger charge is 2.58.